The summed E-state index contributed by atoms with van der Waals surface area (Å²) in [6.45, 7) is 2.60. The molecule has 0 aliphatic rings. The molecule has 0 radical (unpaired) electrons. The molecule has 1 aromatic heterocycles. The second-order valence-corrected chi connectivity index (χ2v) is 6.77. The van der Waals surface area contributed by atoms with Gasteiger partial charge in [0.25, 0.3) is 0 Å². The Bertz CT molecular complexity index is 1100. The number of nitrogens with two attached hydrogens (primary N) is 1. The van der Waals surface area contributed by atoms with Crippen molar-refractivity contribution in [3.63, 3.8) is 0 Å². The Kier molecular flexibility index (Phi) is 5.38. The zero-order chi connectivity index (χ0) is 20.1. The maximum absolute atomic E-state index is 6.01. The van der Waals surface area contributed by atoms with E-state index >= 15 is 0 Å². The molecule has 29 heavy (non-hydrogen) atoms. The fourth-order valence-corrected chi connectivity index (χ4v) is 2.92. The minimum absolute atomic E-state index is 0.347. The molecule has 0 spiro atoms. The van der Waals surface area contributed by atoms with Gasteiger partial charge in [0, 0.05) is 5.56 Å². The highest BCUT2D eigenvalue weighted by Gasteiger charge is 2.08. The van der Waals surface area contributed by atoms with E-state index in [0.717, 1.165) is 28.1 Å². The van der Waals surface area contributed by atoms with Crippen molar-refractivity contribution < 1.29 is 4.74 Å². The normalized spacial score (nSPS) is 11.1. The molecule has 3 aromatic carbocycles. The summed E-state index contributed by atoms with van der Waals surface area (Å²) >= 11 is 0. The first-order valence-electron chi connectivity index (χ1n) is 9.40. The van der Waals surface area contributed by atoms with Crippen LogP contribution in [-0.2, 0) is 6.61 Å². The lowest BCUT2D eigenvalue weighted by molar-refractivity contribution is 0.306. The molecule has 4 aromatic rings. The van der Waals surface area contributed by atoms with Crippen LogP contribution in [0.1, 0.15) is 16.7 Å². The van der Waals surface area contributed by atoms with E-state index in [9.17, 15) is 0 Å². The minimum Gasteiger partial charge on any atom is -0.489 e. The van der Waals surface area contributed by atoms with Gasteiger partial charge in [-0.3, -0.25) is 0 Å². The van der Waals surface area contributed by atoms with E-state index in [2.05, 4.69) is 29.1 Å². The Balaban J connectivity index is 1.47. The van der Waals surface area contributed by atoms with E-state index in [1.807, 2.05) is 66.7 Å². The van der Waals surface area contributed by atoms with Crippen LogP contribution in [0.3, 0.4) is 0 Å². The highest BCUT2D eigenvalue weighted by atomic mass is 16.5. The average Bonchev–Trinajstić information content (AvgIpc) is 3.13. The van der Waals surface area contributed by atoms with Crippen LogP contribution in [0, 0.1) is 6.92 Å². The number of imidazole rings is 1. The predicted molar refractivity (Wildman–Crippen MR) is 117 cm³/mol. The number of rotatable bonds is 6. The first kappa shape index (κ1) is 18.5. The summed E-state index contributed by atoms with van der Waals surface area (Å²) in [7, 11) is 0. The number of benzene rings is 3. The quantitative estimate of drug-likeness (QED) is 0.482. The lowest BCUT2D eigenvalue weighted by Crippen LogP contribution is -2.00. The molecule has 0 atom stereocenters. The Morgan fingerprint density at radius 1 is 0.966 bits per heavy atom. The summed E-state index contributed by atoms with van der Waals surface area (Å²) < 4.78 is 7.47. The largest absolute Gasteiger partial charge is 0.489 e. The number of nitrogens with zero attached hydrogens (tertiary/aromatic N) is 3. The number of anilines is 1. The first-order chi connectivity index (χ1) is 14.2. The van der Waals surface area contributed by atoms with Crippen molar-refractivity contribution in [2.75, 3.05) is 5.73 Å². The number of aryl methyl sites for hydroxylation is 1. The second kappa shape index (κ2) is 8.44. The molecule has 5 heteroatoms. The zero-order valence-corrected chi connectivity index (χ0v) is 16.2. The van der Waals surface area contributed by atoms with Crippen LogP contribution >= 0.6 is 0 Å². The molecule has 144 valence electrons. The van der Waals surface area contributed by atoms with Gasteiger partial charge in [-0.05, 0) is 42.3 Å². The molecule has 2 N–H and O–H groups in total. The molecule has 0 saturated carbocycles. The number of ether oxygens (including phenoxy) is 1. The van der Waals surface area contributed by atoms with Crippen molar-refractivity contribution in [1.82, 2.24) is 9.66 Å². The third kappa shape index (κ3) is 4.52. The van der Waals surface area contributed by atoms with Crippen LogP contribution in [0.2, 0.25) is 0 Å². The Morgan fingerprint density at radius 3 is 2.41 bits per heavy atom. The Labute approximate surface area is 170 Å². The molecular weight excluding hydrogens is 360 g/mol. The van der Waals surface area contributed by atoms with E-state index in [1.54, 1.807) is 17.1 Å². The second-order valence-electron chi connectivity index (χ2n) is 6.77. The third-order valence-corrected chi connectivity index (χ3v) is 4.56. The molecule has 0 amide bonds. The molecule has 1 heterocycles. The van der Waals surface area contributed by atoms with Crippen molar-refractivity contribution in [2.45, 2.75) is 13.5 Å². The summed E-state index contributed by atoms with van der Waals surface area (Å²) in [5.41, 5.74) is 11.2. The molecule has 0 saturated heterocycles. The smallest absolute Gasteiger partial charge is 0.221 e. The van der Waals surface area contributed by atoms with Gasteiger partial charge in [-0.15, -0.1) is 0 Å². The fraction of sp³-hybridized carbons (Fsp3) is 0.0833. The highest BCUT2D eigenvalue weighted by molar-refractivity contribution is 5.80. The van der Waals surface area contributed by atoms with Gasteiger partial charge in [-0.25, -0.2) is 4.98 Å². The highest BCUT2D eigenvalue weighted by Crippen LogP contribution is 2.22. The Morgan fingerprint density at radius 2 is 1.69 bits per heavy atom. The number of nitrogen functional groups attached to an aromatic ring is 1. The van der Waals surface area contributed by atoms with Crippen molar-refractivity contribution >= 4 is 12.2 Å². The van der Waals surface area contributed by atoms with E-state index in [1.165, 1.54) is 5.56 Å². The molecule has 0 unspecified atom stereocenters. The van der Waals surface area contributed by atoms with E-state index in [0.29, 0.717) is 12.6 Å². The molecule has 5 nitrogen and oxygen atoms in total. The van der Waals surface area contributed by atoms with Crippen LogP contribution in [-0.4, -0.2) is 15.9 Å². The van der Waals surface area contributed by atoms with Crippen LogP contribution < -0.4 is 10.5 Å². The monoisotopic (exact) mass is 382 g/mol. The van der Waals surface area contributed by atoms with Crippen LogP contribution in [0.4, 0.5) is 5.95 Å². The number of aromatic nitrogens is 2. The van der Waals surface area contributed by atoms with Gasteiger partial charge in [0.1, 0.15) is 12.4 Å². The lowest BCUT2D eigenvalue weighted by atomic mass is 10.1. The van der Waals surface area contributed by atoms with Crippen LogP contribution in [0.25, 0.3) is 11.3 Å². The molecule has 0 fully saturated rings. The molecule has 4 rings (SSSR count). The van der Waals surface area contributed by atoms with Gasteiger partial charge < -0.3 is 10.5 Å². The summed E-state index contributed by atoms with van der Waals surface area (Å²) in [6.07, 6.45) is 3.49. The van der Waals surface area contributed by atoms with Crippen molar-refractivity contribution in [3.8, 4) is 17.0 Å². The molecule has 0 aliphatic carbocycles. The van der Waals surface area contributed by atoms with Gasteiger partial charge in [-0.2, -0.15) is 9.78 Å². The van der Waals surface area contributed by atoms with Crippen LogP contribution in [0.15, 0.2) is 90.2 Å². The Hall–Kier alpha value is -3.86. The number of hydrogen-bond acceptors (Lipinski definition) is 4. The van der Waals surface area contributed by atoms with Crippen molar-refractivity contribution in [3.05, 3.63) is 102 Å². The van der Waals surface area contributed by atoms with Gasteiger partial charge >= 0.3 is 0 Å². The van der Waals surface area contributed by atoms with E-state index in [4.69, 9.17) is 10.5 Å². The summed E-state index contributed by atoms with van der Waals surface area (Å²) in [6, 6.07) is 26.1. The standard InChI is InChI=1S/C24H22N4O/c1-18-7-11-21(12-8-18)23-16-26-24(25)28(23)27-15-19-9-13-22(14-10-19)29-17-20-5-3-2-4-6-20/h2-16H,17H2,1H3,(H2,25,26). The van der Waals surface area contributed by atoms with E-state index < -0.39 is 0 Å². The third-order valence-electron chi connectivity index (χ3n) is 4.56. The van der Waals surface area contributed by atoms with Crippen molar-refractivity contribution in [2.24, 2.45) is 5.10 Å². The lowest BCUT2D eigenvalue weighted by Gasteiger charge is -2.07. The van der Waals surface area contributed by atoms with E-state index in [-0.39, 0.29) is 0 Å². The summed E-state index contributed by atoms with van der Waals surface area (Å²) in [5, 5.41) is 4.52. The van der Waals surface area contributed by atoms with Crippen molar-refractivity contribution in [1.29, 1.82) is 0 Å². The summed E-state index contributed by atoms with van der Waals surface area (Å²) in [5.74, 6) is 1.16. The first-order valence-corrected chi connectivity index (χ1v) is 9.40. The summed E-state index contributed by atoms with van der Waals surface area (Å²) in [4.78, 5) is 4.20. The molecule has 0 aliphatic heterocycles. The molecule has 0 bridgehead atoms. The van der Waals surface area contributed by atoms with Gasteiger partial charge in [0.2, 0.25) is 5.95 Å². The van der Waals surface area contributed by atoms with Gasteiger partial charge in [0.05, 0.1) is 18.1 Å². The maximum atomic E-state index is 6.01. The maximum Gasteiger partial charge on any atom is 0.221 e. The SMILES string of the molecule is Cc1ccc(-c2cnc(N)n2N=Cc2ccc(OCc3ccccc3)cc2)cc1. The fourth-order valence-electron chi connectivity index (χ4n) is 2.92. The predicted octanol–water partition coefficient (Wildman–Crippen LogP) is 4.90. The number of hydrogen-bond donors (Lipinski definition) is 1. The van der Waals surface area contributed by atoms with Gasteiger partial charge in [-0.1, -0.05) is 60.2 Å². The zero-order valence-electron chi connectivity index (χ0n) is 16.2. The topological polar surface area (TPSA) is 65.4 Å². The average molecular weight is 382 g/mol. The van der Waals surface area contributed by atoms with Crippen LogP contribution in [0.5, 0.6) is 5.75 Å². The van der Waals surface area contributed by atoms with Gasteiger partial charge in [0.15, 0.2) is 0 Å². The minimum atomic E-state index is 0.347. The molecular formula is C24H22N4O.